The summed E-state index contributed by atoms with van der Waals surface area (Å²) < 4.78 is 5.64. The van der Waals surface area contributed by atoms with Crippen LogP contribution in [0.2, 0.25) is 5.02 Å². The summed E-state index contributed by atoms with van der Waals surface area (Å²) in [4.78, 5) is 18.7. The number of rotatable bonds is 5. The van der Waals surface area contributed by atoms with Gasteiger partial charge in [0.25, 0.3) is 0 Å². The first-order valence-corrected chi connectivity index (χ1v) is 7.93. The molecule has 2 N–H and O–H groups in total. The first-order valence-electron chi connectivity index (χ1n) is 7.55. The van der Waals surface area contributed by atoms with E-state index in [1.807, 2.05) is 34.6 Å². The fraction of sp³-hybridized carbons (Fsp3) is 0.375. The standard InChI is InChI=1S/C16H20ClN5O3/c1-9-6-11(7-10(2)12(9)17)25-15-13(22(23)24)14(18-8-19-15)20-21-16(3,4)5/h6-8,21H,1-5H3,(H,18,19,20). The molecule has 0 aliphatic heterocycles. The van der Waals surface area contributed by atoms with Crippen LogP contribution in [0.25, 0.3) is 0 Å². The van der Waals surface area contributed by atoms with E-state index in [0.717, 1.165) is 11.1 Å². The number of ether oxygens (including phenoxy) is 1. The van der Waals surface area contributed by atoms with Gasteiger partial charge >= 0.3 is 11.6 Å². The van der Waals surface area contributed by atoms with Crippen molar-refractivity contribution in [3.8, 4) is 11.6 Å². The number of nitro groups is 1. The van der Waals surface area contributed by atoms with Gasteiger partial charge < -0.3 is 4.74 Å². The van der Waals surface area contributed by atoms with Crippen molar-refractivity contribution in [2.24, 2.45) is 0 Å². The summed E-state index contributed by atoms with van der Waals surface area (Å²) in [5.41, 5.74) is 6.62. The molecule has 0 radical (unpaired) electrons. The Hall–Kier alpha value is -2.45. The van der Waals surface area contributed by atoms with Crippen LogP contribution in [-0.4, -0.2) is 20.4 Å². The number of aromatic nitrogens is 2. The molecule has 0 aliphatic carbocycles. The molecule has 0 aliphatic rings. The summed E-state index contributed by atoms with van der Waals surface area (Å²) in [6, 6.07) is 3.39. The quantitative estimate of drug-likeness (QED) is 0.605. The van der Waals surface area contributed by atoms with Crippen molar-refractivity contribution in [2.75, 3.05) is 5.43 Å². The molecular weight excluding hydrogens is 346 g/mol. The van der Waals surface area contributed by atoms with Gasteiger partial charge in [0, 0.05) is 10.6 Å². The zero-order valence-electron chi connectivity index (χ0n) is 14.7. The van der Waals surface area contributed by atoms with Crippen molar-refractivity contribution in [3.05, 3.63) is 44.7 Å². The minimum atomic E-state index is -0.586. The Kier molecular flexibility index (Phi) is 5.44. The largest absolute Gasteiger partial charge is 0.434 e. The van der Waals surface area contributed by atoms with Gasteiger partial charge in [-0.05, 0) is 57.9 Å². The molecule has 2 aromatic rings. The van der Waals surface area contributed by atoms with Crippen molar-refractivity contribution in [1.82, 2.24) is 15.4 Å². The lowest BCUT2D eigenvalue weighted by Crippen LogP contribution is -2.40. The van der Waals surface area contributed by atoms with Gasteiger partial charge in [-0.1, -0.05) is 11.6 Å². The lowest BCUT2D eigenvalue weighted by atomic mass is 10.1. The maximum atomic E-state index is 11.5. The topological polar surface area (TPSA) is 102 Å². The van der Waals surface area contributed by atoms with Crippen LogP contribution in [0.1, 0.15) is 31.9 Å². The molecule has 0 unspecified atom stereocenters. The summed E-state index contributed by atoms with van der Waals surface area (Å²) in [5.74, 6) is 0.280. The summed E-state index contributed by atoms with van der Waals surface area (Å²) in [5, 5.41) is 12.1. The average molecular weight is 366 g/mol. The van der Waals surface area contributed by atoms with Gasteiger partial charge in [-0.2, -0.15) is 4.98 Å². The van der Waals surface area contributed by atoms with Crippen LogP contribution in [0.3, 0.4) is 0 Å². The van der Waals surface area contributed by atoms with Gasteiger partial charge in [0.1, 0.15) is 12.1 Å². The van der Waals surface area contributed by atoms with E-state index in [-0.39, 0.29) is 22.9 Å². The predicted octanol–water partition coefficient (Wildman–Crippen LogP) is 4.16. The second-order valence-corrected chi connectivity index (χ2v) is 6.98. The Morgan fingerprint density at radius 3 is 2.32 bits per heavy atom. The molecule has 9 heteroatoms. The van der Waals surface area contributed by atoms with E-state index < -0.39 is 4.92 Å². The minimum absolute atomic E-state index is 0.0207. The lowest BCUT2D eigenvalue weighted by Gasteiger charge is -2.21. The van der Waals surface area contributed by atoms with Crippen molar-refractivity contribution >= 4 is 23.1 Å². The van der Waals surface area contributed by atoms with Gasteiger partial charge in [0.2, 0.25) is 5.82 Å². The smallest absolute Gasteiger partial charge is 0.374 e. The molecule has 8 nitrogen and oxygen atoms in total. The van der Waals surface area contributed by atoms with Crippen molar-refractivity contribution in [1.29, 1.82) is 0 Å². The van der Waals surface area contributed by atoms with Crippen molar-refractivity contribution in [2.45, 2.75) is 40.2 Å². The van der Waals surface area contributed by atoms with E-state index in [1.165, 1.54) is 6.33 Å². The number of hydrogen-bond acceptors (Lipinski definition) is 7. The van der Waals surface area contributed by atoms with Crippen LogP contribution in [0.15, 0.2) is 18.5 Å². The number of aryl methyl sites for hydroxylation is 2. The lowest BCUT2D eigenvalue weighted by molar-refractivity contribution is -0.385. The zero-order valence-corrected chi connectivity index (χ0v) is 15.4. The molecule has 2 rings (SSSR count). The Labute approximate surface area is 150 Å². The summed E-state index contributed by atoms with van der Waals surface area (Å²) in [7, 11) is 0. The van der Waals surface area contributed by atoms with Crippen LogP contribution in [-0.2, 0) is 0 Å². The van der Waals surface area contributed by atoms with Crippen LogP contribution in [0.5, 0.6) is 11.6 Å². The highest BCUT2D eigenvalue weighted by atomic mass is 35.5. The van der Waals surface area contributed by atoms with Gasteiger partial charge in [-0.25, -0.2) is 10.4 Å². The highest BCUT2D eigenvalue weighted by molar-refractivity contribution is 6.32. The number of benzene rings is 1. The Bertz CT molecular complexity index is 782. The maximum absolute atomic E-state index is 11.5. The van der Waals surface area contributed by atoms with Crippen LogP contribution >= 0.6 is 11.6 Å². The van der Waals surface area contributed by atoms with Crippen LogP contribution in [0, 0.1) is 24.0 Å². The fourth-order valence-corrected chi connectivity index (χ4v) is 2.13. The molecule has 1 heterocycles. The SMILES string of the molecule is Cc1cc(Oc2ncnc(NNC(C)(C)C)c2[N+](=O)[O-])cc(C)c1Cl. The molecular formula is C16H20ClN5O3. The highest BCUT2D eigenvalue weighted by Crippen LogP contribution is 2.35. The third-order valence-corrected chi connectivity index (χ3v) is 3.75. The monoisotopic (exact) mass is 365 g/mol. The Morgan fingerprint density at radius 2 is 1.80 bits per heavy atom. The molecule has 134 valence electrons. The molecule has 0 saturated heterocycles. The number of anilines is 1. The third kappa shape index (κ3) is 4.77. The van der Waals surface area contributed by atoms with E-state index in [9.17, 15) is 10.1 Å². The van der Waals surface area contributed by atoms with Crippen LogP contribution in [0.4, 0.5) is 11.5 Å². The molecule has 0 fully saturated rings. The number of hydrogen-bond donors (Lipinski definition) is 2. The van der Waals surface area contributed by atoms with Gasteiger partial charge in [0.15, 0.2) is 0 Å². The number of halogens is 1. The molecule has 0 atom stereocenters. The number of hydrazine groups is 1. The summed E-state index contributed by atoms with van der Waals surface area (Å²) in [6.45, 7) is 9.38. The fourth-order valence-electron chi connectivity index (χ4n) is 2.02. The molecule has 25 heavy (non-hydrogen) atoms. The molecule has 1 aromatic carbocycles. The van der Waals surface area contributed by atoms with Gasteiger partial charge in [0.05, 0.1) is 4.92 Å². The molecule has 0 spiro atoms. The first kappa shape index (κ1) is 18.9. The Morgan fingerprint density at radius 1 is 1.20 bits per heavy atom. The molecule has 1 aromatic heterocycles. The third-order valence-electron chi connectivity index (χ3n) is 3.15. The zero-order chi connectivity index (χ0) is 18.8. The Balaban J connectivity index is 2.39. The van der Waals surface area contributed by atoms with Crippen molar-refractivity contribution in [3.63, 3.8) is 0 Å². The van der Waals surface area contributed by atoms with E-state index in [0.29, 0.717) is 10.8 Å². The molecule has 0 saturated carbocycles. The number of nitrogens with zero attached hydrogens (tertiary/aromatic N) is 3. The summed E-state index contributed by atoms with van der Waals surface area (Å²) >= 11 is 6.14. The normalized spacial score (nSPS) is 11.3. The first-order chi connectivity index (χ1) is 11.6. The van der Waals surface area contributed by atoms with E-state index in [2.05, 4.69) is 20.8 Å². The number of nitrogens with one attached hydrogen (secondary N) is 2. The molecule has 0 amide bonds. The predicted molar refractivity (Wildman–Crippen MR) is 96.2 cm³/mol. The second kappa shape index (κ2) is 7.20. The second-order valence-electron chi connectivity index (χ2n) is 6.61. The highest BCUT2D eigenvalue weighted by Gasteiger charge is 2.26. The van der Waals surface area contributed by atoms with E-state index in [4.69, 9.17) is 16.3 Å². The maximum Gasteiger partial charge on any atom is 0.374 e. The van der Waals surface area contributed by atoms with Gasteiger partial charge in [-0.3, -0.25) is 15.5 Å². The minimum Gasteiger partial charge on any atom is -0.434 e. The van der Waals surface area contributed by atoms with Crippen LogP contribution < -0.4 is 15.6 Å². The van der Waals surface area contributed by atoms with Gasteiger partial charge in [-0.15, -0.1) is 0 Å². The molecule has 0 bridgehead atoms. The van der Waals surface area contributed by atoms with Crippen molar-refractivity contribution < 1.29 is 9.66 Å². The van der Waals surface area contributed by atoms with E-state index >= 15 is 0 Å². The summed E-state index contributed by atoms with van der Waals surface area (Å²) in [6.07, 6.45) is 1.20. The van der Waals surface area contributed by atoms with E-state index in [1.54, 1.807) is 12.1 Å². The average Bonchev–Trinajstić information content (AvgIpc) is 2.49.